The number of benzene rings is 18. The molecule has 3 heteroatoms. The number of hydrogen-bond donors (Lipinski definition) is 0. The maximum atomic E-state index is 5.32. The largest absolute Gasteiger partial charge is 0.208 e. The molecule has 19 rings (SSSR count). The van der Waals surface area contributed by atoms with Gasteiger partial charge in [-0.1, -0.05) is 261 Å². The molecule has 3 nitrogen and oxygen atoms in total. The van der Waals surface area contributed by atoms with E-state index >= 15 is 0 Å². The van der Waals surface area contributed by atoms with Gasteiger partial charge in [0.25, 0.3) is 0 Å². The maximum absolute atomic E-state index is 5.32. The second-order valence-corrected chi connectivity index (χ2v) is 24.6. The van der Waals surface area contributed by atoms with Crippen LogP contribution in [0.15, 0.2) is 322 Å². The van der Waals surface area contributed by atoms with Crippen molar-refractivity contribution in [1.29, 1.82) is 0 Å². The Labute approximate surface area is 530 Å². The molecule has 18 aromatic carbocycles. The molecular formula is C89H53N3. The first-order valence-corrected chi connectivity index (χ1v) is 31.6. The van der Waals surface area contributed by atoms with E-state index in [1.807, 2.05) is 0 Å². The molecule has 0 saturated heterocycles. The van der Waals surface area contributed by atoms with Crippen LogP contribution in [0.2, 0.25) is 0 Å². The van der Waals surface area contributed by atoms with Gasteiger partial charge in [-0.25, -0.2) is 15.0 Å². The van der Waals surface area contributed by atoms with Gasteiger partial charge in [-0.15, -0.1) is 0 Å². The lowest BCUT2D eigenvalue weighted by Crippen LogP contribution is -2.00. The molecule has 0 saturated carbocycles. The lowest BCUT2D eigenvalue weighted by Gasteiger charge is -2.16. The van der Waals surface area contributed by atoms with Crippen LogP contribution in [-0.4, -0.2) is 15.0 Å². The minimum atomic E-state index is 0.626. The first-order chi connectivity index (χ1) is 45.5. The van der Waals surface area contributed by atoms with Crippen molar-refractivity contribution in [2.45, 2.75) is 0 Å². The maximum Gasteiger partial charge on any atom is 0.164 e. The van der Waals surface area contributed by atoms with Crippen LogP contribution in [-0.2, 0) is 0 Å². The number of nitrogens with zero attached hydrogens (tertiary/aromatic N) is 3. The van der Waals surface area contributed by atoms with Crippen molar-refractivity contribution in [3.63, 3.8) is 0 Å². The van der Waals surface area contributed by atoms with Crippen molar-refractivity contribution in [3.05, 3.63) is 322 Å². The third-order valence-corrected chi connectivity index (χ3v) is 19.4. The van der Waals surface area contributed by atoms with Gasteiger partial charge in [0.2, 0.25) is 0 Å². The Hall–Kier alpha value is -12.2. The van der Waals surface area contributed by atoms with Crippen LogP contribution in [0.1, 0.15) is 0 Å². The van der Waals surface area contributed by atoms with Gasteiger partial charge in [-0.2, -0.15) is 0 Å². The van der Waals surface area contributed by atoms with E-state index in [0.717, 1.165) is 38.4 Å². The summed E-state index contributed by atoms with van der Waals surface area (Å²) in [6, 6.07) is 118. The van der Waals surface area contributed by atoms with Crippen molar-refractivity contribution in [3.8, 4) is 78.7 Å². The van der Waals surface area contributed by atoms with E-state index in [2.05, 4.69) is 322 Å². The SMILES string of the molecule is c1ccc(-c2cc(-c3ccc4c5ccccc5c5ccccc5c4c3)cc(-c3ccc4c(c3)c3ccccc3c3ccc(-c5ccc6cc(-c7nc(-c8ccc9ccccc9c8)nc(-c8ccc9c%10ccccc%10c%10ccccc%10c9c8)n7)ccc6c5)cc34)c2)cc1. The van der Waals surface area contributed by atoms with Crippen LogP contribution in [0.4, 0.5) is 0 Å². The summed E-state index contributed by atoms with van der Waals surface area (Å²) in [4.78, 5) is 15.8. The lowest BCUT2D eigenvalue weighted by atomic mass is 9.88. The average Bonchev–Trinajstić information content (AvgIpc) is 0.769. The molecule has 0 aliphatic heterocycles. The molecule has 0 bridgehead atoms. The molecule has 1 aromatic heterocycles. The van der Waals surface area contributed by atoms with Crippen LogP contribution in [0.3, 0.4) is 0 Å². The molecule has 92 heavy (non-hydrogen) atoms. The van der Waals surface area contributed by atoms with Gasteiger partial charge in [-0.3, -0.25) is 0 Å². The Balaban J connectivity index is 0.710. The summed E-state index contributed by atoms with van der Waals surface area (Å²) >= 11 is 0. The fourth-order valence-corrected chi connectivity index (χ4v) is 14.9. The Kier molecular flexibility index (Phi) is 11.7. The van der Waals surface area contributed by atoms with Crippen molar-refractivity contribution in [2.24, 2.45) is 0 Å². The number of fused-ring (bicyclic) bond motifs is 20. The number of rotatable bonds is 7. The van der Waals surface area contributed by atoms with Crippen molar-refractivity contribution in [1.82, 2.24) is 15.0 Å². The smallest absolute Gasteiger partial charge is 0.164 e. The van der Waals surface area contributed by atoms with Crippen molar-refractivity contribution in [2.75, 3.05) is 0 Å². The molecule has 0 atom stereocenters. The van der Waals surface area contributed by atoms with Crippen LogP contribution >= 0.6 is 0 Å². The number of aromatic nitrogens is 3. The van der Waals surface area contributed by atoms with Crippen molar-refractivity contribution >= 4 is 118 Å². The van der Waals surface area contributed by atoms with E-state index in [9.17, 15) is 0 Å². The van der Waals surface area contributed by atoms with E-state index in [1.54, 1.807) is 0 Å². The fraction of sp³-hybridized carbons (Fsp3) is 0. The van der Waals surface area contributed by atoms with E-state index < -0.39 is 0 Å². The molecule has 0 aliphatic rings. The van der Waals surface area contributed by atoms with Crippen LogP contribution in [0.25, 0.3) is 197 Å². The quantitative estimate of drug-likeness (QED) is 0.149. The summed E-state index contributed by atoms with van der Waals surface area (Å²) in [6.45, 7) is 0. The molecule has 1 heterocycles. The third kappa shape index (κ3) is 8.47. The zero-order chi connectivity index (χ0) is 60.4. The molecule has 0 unspecified atom stereocenters. The van der Waals surface area contributed by atoms with Gasteiger partial charge in [0.15, 0.2) is 17.5 Å². The predicted octanol–water partition coefficient (Wildman–Crippen LogP) is 24.2. The third-order valence-electron chi connectivity index (χ3n) is 19.4. The lowest BCUT2D eigenvalue weighted by molar-refractivity contribution is 1.08. The zero-order valence-corrected chi connectivity index (χ0v) is 49.9. The topological polar surface area (TPSA) is 38.7 Å². The second-order valence-electron chi connectivity index (χ2n) is 24.6. The highest BCUT2D eigenvalue weighted by atomic mass is 15.0. The van der Waals surface area contributed by atoms with E-state index in [1.165, 1.54) is 141 Å². The molecular weight excluding hydrogens is 1110 g/mol. The van der Waals surface area contributed by atoms with Gasteiger partial charge < -0.3 is 0 Å². The van der Waals surface area contributed by atoms with Gasteiger partial charge in [0.05, 0.1) is 0 Å². The van der Waals surface area contributed by atoms with Gasteiger partial charge in [0.1, 0.15) is 0 Å². The molecule has 0 N–H and O–H groups in total. The predicted molar refractivity (Wildman–Crippen MR) is 390 cm³/mol. The highest BCUT2D eigenvalue weighted by molar-refractivity contribution is 6.28. The Morgan fingerprint density at radius 2 is 0.348 bits per heavy atom. The zero-order valence-electron chi connectivity index (χ0n) is 49.9. The van der Waals surface area contributed by atoms with Gasteiger partial charge >= 0.3 is 0 Å². The first-order valence-electron chi connectivity index (χ1n) is 31.6. The summed E-state index contributed by atoms with van der Waals surface area (Å²) < 4.78 is 0. The molecule has 19 aromatic rings. The normalized spacial score (nSPS) is 11.9. The van der Waals surface area contributed by atoms with Crippen LogP contribution in [0.5, 0.6) is 0 Å². The Morgan fingerprint density at radius 3 is 0.761 bits per heavy atom. The standard InChI is InChI=1S/C89H53N3/c1-2-16-54(17-3-1)66-47-67(61-37-41-79-73-24-8-6-20-69(73)71-22-10-13-27-76(71)83(79)51-61)49-68(48-66)62-38-42-82-84(52-62)78-29-15-12-26-75(78)80-40-36-60(50-85(80)82)58-31-32-59-46-64(35-33-57(59)44-58)88-90-87(63-34-30-55-18-4-5-19-56(55)45-63)91-89(92-88)65-39-43-81-74-25-9-7-21-70(74)72-23-11-14-28-77(72)86(81)53-65/h1-53H. The second kappa shape index (κ2) is 20.7. The summed E-state index contributed by atoms with van der Waals surface area (Å²) in [5.41, 5.74) is 12.2. The Bertz CT molecular complexity index is 6250. The summed E-state index contributed by atoms with van der Waals surface area (Å²) in [5, 5.41) is 26.9. The van der Waals surface area contributed by atoms with Crippen molar-refractivity contribution < 1.29 is 0 Å². The first kappa shape index (κ1) is 51.8. The van der Waals surface area contributed by atoms with E-state index in [4.69, 9.17) is 15.0 Å². The molecule has 0 fully saturated rings. The summed E-state index contributed by atoms with van der Waals surface area (Å²) in [5.74, 6) is 1.89. The average molecular weight is 1160 g/mol. The van der Waals surface area contributed by atoms with Gasteiger partial charge in [-0.05, 0) is 224 Å². The monoisotopic (exact) mass is 1160 g/mol. The van der Waals surface area contributed by atoms with Crippen LogP contribution < -0.4 is 0 Å². The Morgan fingerprint density at radius 1 is 0.120 bits per heavy atom. The molecule has 0 amide bonds. The molecule has 0 aliphatic carbocycles. The summed E-state index contributed by atoms with van der Waals surface area (Å²) in [6.07, 6.45) is 0. The minimum Gasteiger partial charge on any atom is -0.208 e. The molecule has 0 radical (unpaired) electrons. The molecule has 424 valence electrons. The fourth-order valence-electron chi connectivity index (χ4n) is 14.9. The van der Waals surface area contributed by atoms with Gasteiger partial charge in [0, 0.05) is 16.7 Å². The van der Waals surface area contributed by atoms with E-state index in [-0.39, 0.29) is 0 Å². The minimum absolute atomic E-state index is 0.626. The van der Waals surface area contributed by atoms with E-state index in [0.29, 0.717) is 17.5 Å². The molecule has 0 spiro atoms. The van der Waals surface area contributed by atoms with Crippen LogP contribution in [0, 0.1) is 0 Å². The summed E-state index contributed by atoms with van der Waals surface area (Å²) in [7, 11) is 0. The highest BCUT2D eigenvalue weighted by Crippen LogP contribution is 2.44. The highest BCUT2D eigenvalue weighted by Gasteiger charge is 2.19. The number of hydrogen-bond acceptors (Lipinski definition) is 3.